The maximum atomic E-state index is 6.04. The van der Waals surface area contributed by atoms with Gasteiger partial charge in [0.15, 0.2) is 6.29 Å². The van der Waals surface area contributed by atoms with Gasteiger partial charge in [0.05, 0.1) is 13.2 Å². The molecule has 1 fully saturated rings. The van der Waals surface area contributed by atoms with Crippen molar-refractivity contribution in [3.05, 3.63) is 54.1 Å². The summed E-state index contributed by atoms with van der Waals surface area (Å²) >= 11 is 0. The van der Waals surface area contributed by atoms with Gasteiger partial charge in [-0.3, -0.25) is 0 Å². The van der Waals surface area contributed by atoms with Crippen molar-refractivity contribution < 1.29 is 9.47 Å². The van der Waals surface area contributed by atoms with Crippen LogP contribution in [0.15, 0.2) is 48.5 Å². The van der Waals surface area contributed by atoms with Gasteiger partial charge in [-0.15, -0.1) is 0 Å². The molecule has 3 heteroatoms. The van der Waals surface area contributed by atoms with Gasteiger partial charge in [-0.1, -0.05) is 42.5 Å². The summed E-state index contributed by atoms with van der Waals surface area (Å²) in [6.07, 6.45) is -0.277. The summed E-state index contributed by atoms with van der Waals surface area (Å²) in [7, 11) is 0. The highest BCUT2D eigenvalue weighted by molar-refractivity contribution is 5.78. The topological polar surface area (TPSA) is 44.5 Å². The first-order chi connectivity index (χ1) is 8.86. The number of ether oxygens (including phenoxy) is 2. The molecule has 0 aliphatic carbocycles. The van der Waals surface area contributed by atoms with Crippen molar-refractivity contribution in [2.45, 2.75) is 6.29 Å². The Kier molecular flexibility index (Phi) is 3.00. The predicted molar refractivity (Wildman–Crippen MR) is 70.9 cm³/mol. The van der Waals surface area contributed by atoms with Crippen LogP contribution in [-0.2, 0) is 9.47 Å². The maximum Gasteiger partial charge on any atom is 0.184 e. The molecule has 0 aromatic heterocycles. The molecule has 3 nitrogen and oxygen atoms in total. The maximum absolute atomic E-state index is 6.04. The van der Waals surface area contributed by atoms with Gasteiger partial charge < -0.3 is 15.2 Å². The highest BCUT2D eigenvalue weighted by atomic mass is 16.7. The molecule has 18 heavy (non-hydrogen) atoms. The molecule has 0 unspecified atom stereocenters. The van der Waals surface area contributed by atoms with Gasteiger partial charge in [0.25, 0.3) is 0 Å². The summed E-state index contributed by atoms with van der Waals surface area (Å²) in [6.45, 7) is 1.28. The third-order valence-corrected chi connectivity index (χ3v) is 3.09. The molecular weight excluding hydrogens is 226 g/mol. The first-order valence-electron chi connectivity index (χ1n) is 6.03. The fraction of sp³-hybridized carbons (Fsp3) is 0.200. The first kappa shape index (κ1) is 11.3. The molecule has 3 rings (SSSR count). The van der Waals surface area contributed by atoms with Crippen LogP contribution in [0.1, 0.15) is 11.9 Å². The minimum Gasteiger partial charge on any atom is -0.398 e. The Morgan fingerprint density at radius 3 is 2.17 bits per heavy atom. The van der Waals surface area contributed by atoms with E-state index in [-0.39, 0.29) is 6.29 Å². The summed E-state index contributed by atoms with van der Waals surface area (Å²) in [5, 5.41) is 0. The van der Waals surface area contributed by atoms with Gasteiger partial charge in [0, 0.05) is 16.8 Å². The number of anilines is 1. The second-order valence-electron chi connectivity index (χ2n) is 4.25. The summed E-state index contributed by atoms with van der Waals surface area (Å²) < 4.78 is 11.2. The number of hydrogen-bond acceptors (Lipinski definition) is 3. The molecule has 0 atom stereocenters. The summed E-state index contributed by atoms with van der Waals surface area (Å²) in [4.78, 5) is 0. The van der Waals surface area contributed by atoms with Crippen LogP contribution in [0.5, 0.6) is 0 Å². The standard InChI is InChI=1S/C15H15NO2/c16-14-8-4-3-6-12(14)11-5-1-2-7-13(11)15-17-9-10-18-15/h1-8,15H,9-10,16H2. The Hall–Kier alpha value is -1.84. The molecule has 0 saturated carbocycles. The molecular formula is C15H15NO2. The van der Waals surface area contributed by atoms with E-state index in [1.165, 1.54) is 0 Å². The molecule has 2 N–H and O–H groups in total. The van der Waals surface area contributed by atoms with Crippen molar-refractivity contribution in [1.29, 1.82) is 0 Å². The third kappa shape index (κ3) is 1.98. The van der Waals surface area contributed by atoms with Crippen LogP contribution in [0.3, 0.4) is 0 Å². The Bertz CT molecular complexity index is 548. The molecule has 92 valence electrons. The van der Waals surface area contributed by atoms with Crippen LogP contribution in [0.2, 0.25) is 0 Å². The summed E-state index contributed by atoms with van der Waals surface area (Å²) in [6, 6.07) is 15.9. The SMILES string of the molecule is Nc1ccccc1-c1ccccc1C1OCCO1. The Balaban J connectivity index is 2.09. The van der Waals surface area contributed by atoms with Crippen LogP contribution >= 0.6 is 0 Å². The van der Waals surface area contributed by atoms with Crippen molar-refractivity contribution in [1.82, 2.24) is 0 Å². The average Bonchev–Trinajstić information content (AvgIpc) is 2.93. The van der Waals surface area contributed by atoms with Gasteiger partial charge in [-0.25, -0.2) is 0 Å². The lowest BCUT2D eigenvalue weighted by atomic mass is 9.98. The number of hydrogen-bond donors (Lipinski definition) is 1. The molecule has 1 aliphatic rings. The normalized spacial score (nSPS) is 16.0. The van der Waals surface area contributed by atoms with Gasteiger partial charge in [-0.2, -0.15) is 0 Å². The molecule has 2 aromatic rings. The number of rotatable bonds is 2. The van der Waals surface area contributed by atoms with E-state index in [1.807, 2.05) is 48.5 Å². The minimum atomic E-state index is -0.277. The van der Waals surface area contributed by atoms with Crippen molar-refractivity contribution in [2.75, 3.05) is 18.9 Å². The Morgan fingerprint density at radius 1 is 0.833 bits per heavy atom. The molecule has 0 spiro atoms. The zero-order valence-electron chi connectivity index (χ0n) is 10.0. The second-order valence-corrected chi connectivity index (χ2v) is 4.25. The Morgan fingerprint density at radius 2 is 1.44 bits per heavy atom. The van der Waals surface area contributed by atoms with Gasteiger partial charge >= 0.3 is 0 Å². The van der Waals surface area contributed by atoms with Gasteiger partial charge in [0.1, 0.15) is 0 Å². The van der Waals surface area contributed by atoms with E-state index < -0.39 is 0 Å². The van der Waals surface area contributed by atoms with E-state index in [1.54, 1.807) is 0 Å². The zero-order chi connectivity index (χ0) is 12.4. The lowest BCUT2D eigenvalue weighted by Crippen LogP contribution is -2.01. The quantitative estimate of drug-likeness (QED) is 0.822. The van der Waals surface area contributed by atoms with E-state index in [2.05, 4.69) is 0 Å². The highest BCUT2D eigenvalue weighted by Gasteiger charge is 2.21. The van der Waals surface area contributed by atoms with Crippen LogP contribution in [0.4, 0.5) is 5.69 Å². The Labute approximate surface area is 106 Å². The summed E-state index contributed by atoms with van der Waals surface area (Å²) in [5.41, 5.74) is 9.93. The summed E-state index contributed by atoms with van der Waals surface area (Å²) in [5.74, 6) is 0. The third-order valence-electron chi connectivity index (χ3n) is 3.09. The number of para-hydroxylation sites is 1. The molecule has 0 radical (unpaired) electrons. The fourth-order valence-corrected chi connectivity index (χ4v) is 2.23. The second kappa shape index (κ2) is 4.80. The molecule has 1 heterocycles. The van der Waals surface area contributed by atoms with Crippen LogP contribution in [-0.4, -0.2) is 13.2 Å². The number of benzene rings is 2. The molecule has 1 aliphatic heterocycles. The predicted octanol–water partition coefficient (Wildman–Crippen LogP) is 2.98. The monoisotopic (exact) mass is 241 g/mol. The molecule has 0 amide bonds. The van der Waals surface area contributed by atoms with Crippen molar-refractivity contribution in [3.8, 4) is 11.1 Å². The zero-order valence-corrected chi connectivity index (χ0v) is 10.0. The number of nitrogen functional groups attached to an aromatic ring is 1. The van der Waals surface area contributed by atoms with Crippen LogP contribution in [0, 0.1) is 0 Å². The minimum absolute atomic E-state index is 0.277. The number of nitrogens with two attached hydrogens (primary N) is 1. The van der Waals surface area contributed by atoms with E-state index in [0.717, 1.165) is 22.4 Å². The van der Waals surface area contributed by atoms with Crippen LogP contribution in [0.25, 0.3) is 11.1 Å². The molecule has 2 aromatic carbocycles. The first-order valence-corrected chi connectivity index (χ1v) is 6.03. The molecule has 1 saturated heterocycles. The smallest absolute Gasteiger partial charge is 0.184 e. The van der Waals surface area contributed by atoms with Gasteiger partial charge in [-0.05, 0) is 11.6 Å². The largest absolute Gasteiger partial charge is 0.398 e. The fourth-order valence-electron chi connectivity index (χ4n) is 2.23. The van der Waals surface area contributed by atoms with Crippen LogP contribution < -0.4 is 5.73 Å². The van der Waals surface area contributed by atoms with Gasteiger partial charge in [0.2, 0.25) is 0 Å². The van der Waals surface area contributed by atoms with E-state index >= 15 is 0 Å². The van der Waals surface area contributed by atoms with E-state index in [0.29, 0.717) is 13.2 Å². The highest BCUT2D eigenvalue weighted by Crippen LogP contribution is 2.35. The molecule has 0 bridgehead atoms. The van der Waals surface area contributed by atoms with E-state index in [9.17, 15) is 0 Å². The lowest BCUT2D eigenvalue weighted by molar-refractivity contribution is -0.0436. The van der Waals surface area contributed by atoms with Crippen molar-refractivity contribution in [3.63, 3.8) is 0 Å². The van der Waals surface area contributed by atoms with Crippen molar-refractivity contribution >= 4 is 5.69 Å². The van der Waals surface area contributed by atoms with E-state index in [4.69, 9.17) is 15.2 Å². The lowest BCUT2D eigenvalue weighted by Gasteiger charge is -2.15. The average molecular weight is 241 g/mol. The van der Waals surface area contributed by atoms with Crippen molar-refractivity contribution in [2.24, 2.45) is 0 Å².